The van der Waals surface area contributed by atoms with E-state index in [0.717, 1.165) is 62.9 Å². The Kier molecular flexibility index (Phi) is 9.63. The van der Waals surface area contributed by atoms with Gasteiger partial charge in [0.1, 0.15) is 5.82 Å². The molecule has 0 aromatic heterocycles. The minimum Gasteiger partial charge on any atom is -0.348 e. The summed E-state index contributed by atoms with van der Waals surface area (Å²) in [5.74, 6) is 0.494. The van der Waals surface area contributed by atoms with Gasteiger partial charge in [0.05, 0.1) is 0 Å². The van der Waals surface area contributed by atoms with Crippen LogP contribution in [0.3, 0.4) is 0 Å². The maximum atomic E-state index is 14.9. The van der Waals surface area contributed by atoms with Gasteiger partial charge in [-0.1, -0.05) is 49.7 Å². The fourth-order valence-corrected chi connectivity index (χ4v) is 6.06. The Bertz CT molecular complexity index is 1290. The molecule has 0 aliphatic carbocycles. The molecule has 2 aliphatic heterocycles. The van der Waals surface area contributed by atoms with E-state index in [1.807, 2.05) is 36.4 Å². The second-order valence-electron chi connectivity index (χ2n) is 11.6. The molecule has 1 atom stereocenters. The number of piperazine rings is 1. The number of carbonyl (C=O) groups is 1. The number of hydrogen-bond acceptors (Lipinski definition) is 4. The lowest BCUT2D eigenvalue weighted by atomic mass is 9.94. The molecule has 0 bridgehead atoms. The molecule has 2 aliphatic rings. The minimum absolute atomic E-state index is 0.107. The summed E-state index contributed by atoms with van der Waals surface area (Å²) in [6.07, 6.45) is 3.79. The van der Waals surface area contributed by atoms with E-state index in [4.69, 9.17) is 0 Å². The Balaban J connectivity index is 1.20. The molecule has 2 saturated heterocycles. The number of amides is 1. The van der Waals surface area contributed by atoms with Gasteiger partial charge < -0.3 is 10.6 Å². The fraction of sp³-hybridized carbons (Fsp3) is 0.441. The van der Waals surface area contributed by atoms with Crippen LogP contribution < -0.4 is 10.6 Å². The molecule has 212 valence electrons. The lowest BCUT2D eigenvalue weighted by molar-refractivity contribution is 0.0950. The van der Waals surface area contributed by atoms with Gasteiger partial charge in [0.2, 0.25) is 0 Å². The van der Waals surface area contributed by atoms with Crippen molar-refractivity contribution in [2.24, 2.45) is 5.92 Å². The van der Waals surface area contributed by atoms with Crippen LogP contribution in [0.2, 0.25) is 0 Å². The Morgan fingerprint density at radius 2 is 1.68 bits per heavy atom. The molecule has 1 amide bonds. The van der Waals surface area contributed by atoms with Crippen LogP contribution in [0.5, 0.6) is 0 Å². The summed E-state index contributed by atoms with van der Waals surface area (Å²) < 4.78 is 14.9. The summed E-state index contributed by atoms with van der Waals surface area (Å²) in [7, 11) is 0. The largest absolute Gasteiger partial charge is 0.348 e. The van der Waals surface area contributed by atoms with Gasteiger partial charge in [-0.25, -0.2) is 4.39 Å². The van der Waals surface area contributed by atoms with Crippen molar-refractivity contribution in [2.75, 3.05) is 32.7 Å². The molecule has 3 aromatic carbocycles. The second kappa shape index (κ2) is 13.5. The van der Waals surface area contributed by atoms with Gasteiger partial charge in [-0.2, -0.15) is 0 Å². The van der Waals surface area contributed by atoms with E-state index >= 15 is 0 Å². The van der Waals surface area contributed by atoms with Crippen LogP contribution in [0, 0.1) is 11.7 Å². The highest BCUT2D eigenvalue weighted by Crippen LogP contribution is 2.26. The first-order valence-corrected chi connectivity index (χ1v) is 14.9. The molecule has 0 spiro atoms. The number of hydrogen-bond donors (Lipinski definition) is 2. The molecule has 5 rings (SSSR count). The van der Waals surface area contributed by atoms with Crippen LogP contribution in [0.15, 0.2) is 66.7 Å². The van der Waals surface area contributed by atoms with Crippen LogP contribution in [-0.4, -0.2) is 54.5 Å². The number of rotatable bonds is 9. The molecule has 0 saturated carbocycles. The molecule has 40 heavy (non-hydrogen) atoms. The Hall–Kier alpha value is -3.06. The van der Waals surface area contributed by atoms with E-state index in [-0.39, 0.29) is 11.7 Å². The summed E-state index contributed by atoms with van der Waals surface area (Å²) in [6.45, 7) is 11.8. The molecule has 6 heteroatoms. The highest BCUT2D eigenvalue weighted by molar-refractivity contribution is 5.94. The van der Waals surface area contributed by atoms with E-state index in [9.17, 15) is 9.18 Å². The van der Waals surface area contributed by atoms with Gasteiger partial charge in [-0.3, -0.25) is 14.6 Å². The van der Waals surface area contributed by atoms with Gasteiger partial charge in [0.15, 0.2) is 0 Å². The zero-order valence-electron chi connectivity index (χ0n) is 24.0. The predicted molar refractivity (Wildman–Crippen MR) is 160 cm³/mol. The smallest absolute Gasteiger partial charge is 0.251 e. The van der Waals surface area contributed by atoms with Crippen molar-refractivity contribution in [1.82, 2.24) is 20.4 Å². The number of benzene rings is 3. The number of carbonyl (C=O) groups excluding carboxylic acids is 1. The topological polar surface area (TPSA) is 47.6 Å². The van der Waals surface area contributed by atoms with E-state index < -0.39 is 0 Å². The molecule has 3 aromatic rings. The first kappa shape index (κ1) is 28.5. The first-order chi connectivity index (χ1) is 19.5. The molecule has 0 radical (unpaired) electrons. The SMILES string of the molecule is CCC1CCN(Cc2cccc(C(=O)NCc3ccc(F)c(-c4cccc(CN5CCNC(C)C5)c4)c3)c2)CC1. The van der Waals surface area contributed by atoms with Gasteiger partial charge >= 0.3 is 0 Å². The molecular formula is C34H43FN4O. The summed E-state index contributed by atoms with van der Waals surface area (Å²) in [5, 5.41) is 6.52. The van der Waals surface area contributed by atoms with Gasteiger partial charge in [0, 0.05) is 56.4 Å². The maximum Gasteiger partial charge on any atom is 0.251 e. The van der Waals surface area contributed by atoms with Crippen molar-refractivity contribution in [3.8, 4) is 11.1 Å². The highest BCUT2D eigenvalue weighted by atomic mass is 19.1. The zero-order valence-corrected chi connectivity index (χ0v) is 24.0. The normalized spacial score (nSPS) is 19.0. The average Bonchev–Trinajstić information content (AvgIpc) is 2.97. The van der Waals surface area contributed by atoms with E-state index in [2.05, 4.69) is 52.5 Å². The van der Waals surface area contributed by atoms with Gasteiger partial charge in [0.25, 0.3) is 5.91 Å². The molecule has 2 fully saturated rings. The molecule has 2 N–H and O–H groups in total. The number of nitrogens with zero attached hydrogens (tertiary/aromatic N) is 2. The van der Waals surface area contributed by atoms with Crippen molar-refractivity contribution in [2.45, 2.75) is 58.8 Å². The van der Waals surface area contributed by atoms with Gasteiger partial charge in [-0.05, 0) is 91.4 Å². The molecule has 5 nitrogen and oxygen atoms in total. The number of likely N-dealkylation sites (tertiary alicyclic amines) is 1. The maximum absolute atomic E-state index is 14.9. The highest BCUT2D eigenvalue weighted by Gasteiger charge is 2.19. The number of halogens is 1. The monoisotopic (exact) mass is 542 g/mol. The lowest BCUT2D eigenvalue weighted by Gasteiger charge is -2.31. The Labute approximate surface area is 238 Å². The van der Waals surface area contributed by atoms with Crippen LogP contribution in [0.25, 0.3) is 11.1 Å². The first-order valence-electron chi connectivity index (χ1n) is 14.9. The van der Waals surface area contributed by atoms with Crippen LogP contribution in [-0.2, 0) is 19.6 Å². The average molecular weight is 543 g/mol. The standard InChI is InChI=1S/C34H43FN4O/c1-3-26-12-15-38(16-13-26)23-29-7-5-9-31(19-29)34(40)37-21-27-10-11-33(35)32(20-27)30-8-4-6-28(18-30)24-39-17-14-36-25(2)22-39/h4-11,18-20,25-26,36H,3,12-17,21-24H2,1-2H3,(H,37,40). The summed E-state index contributed by atoms with van der Waals surface area (Å²) in [6, 6.07) is 21.7. The van der Waals surface area contributed by atoms with Crippen molar-refractivity contribution in [3.05, 3.63) is 94.8 Å². The van der Waals surface area contributed by atoms with Crippen LogP contribution in [0.4, 0.5) is 4.39 Å². The van der Waals surface area contributed by atoms with E-state index in [1.54, 1.807) is 6.07 Å². The van der Waals surface area contributed by atoms with E-state index in [0.29, 0.717) is 23.7 Å². The summed E-state index contributed by atoms with van der Waals surface area (Å²) >= 11 is 0. The van der Waals surface area contributed by atoms with Crippen LogP contribution in [0.1, 0.15) is 60.2 Å². The molecular weight excluding hydrogens is 499 g/mol. The van der Waals surface area contributed by atoms with Crippen molar-refractivity contribution >= 4 is 5.91 Å². The van der Waals surface area contributed by atoms with Crippen molar-refractivity contribution < 1.29 is 9.18 Å². The predicted octanol–water partition coefficient (Wildman–Crippen LogP) is 5.84. The van der Waals surface area contributed by atoms with Crippen molar-refractivity contribution in [3.63, 3.8) is 0 Å². The summed E-state index contributed by atoms with van der Waals surface area (Å²) in [5.41, 5.74) is 5.32. The number of nitrogens with one attached hydrogen (secondary N) is 2. The quantitative estimate of drug-likeness (QED) is 0.357. The third-order valence-electron chi connectivity index (χ3n) is 8.46. The lowest BCUT2D eigenvalue weighted by Crippen LogP contribution is -2.48. The summed E-state index contributed by atoms with van der Waals surface area (Å²) in [4.78, 5) is 17.9. The Morgan fingerprint density at radius 1 is 0.925 bits per heavy atom. The zero-order chi connectivity index (χ0) is 27.9. The van der Waals surface area contributed by atoms with Crippen LogP contribution >= 0.6 is 0 Å². The number of piperidine rings is 1. The second-order valence-corrected chi connectivity index (χ2v) is 11.6. The Morgan fingerprint density at radius 3 is 2.45 bits per heavy atom. The minimum atomic E-state index is -0.251. The third kappa shape index (κ3) is 7.57. The molecule has 1 unspecified atom stereocenters. The van der Waals surface area contributed by atoms with E-state index in [1.165, 1.54) is 36.5 Å². The third-order valence-corrected chi connectivity index (χ3v) is 8.46. The van der Waals surface area contributed by atoms with Gasteiger partial charge in [-0.15, -0.1) is 0 Å². The molecule has 2 heterocycles. The van der Waals surface area contributed by atoms with Crippen molar-refractivity contribution in [1.29, 1.82) is 0 Å². The fourth-order valence-electron chi connectivity index (χ4n) is 6.06.